The molecule has 1 N–H and O–H groups in total. The Bertz CT molecular complexity index is 943. The summed E-state index contributed by atoms with van der Waals surface area (Å²) in [6.45, 7) is 8.76. The lowest BCUT2D eigenvalue weighted by Crippen LogP contribution is -2.49. The maximum atomic E-state index is 10.0. The van der Waals surface area contributed by atoms with Gasteiger partial charge in [-0.2, -0.15) is 15.8 Å². The Morgan fingerprint density at radius 3 is 2.21 bits per heavy atom. The minimum Gasteiger partial charge on any atom is -0.305 e. The molecule has 0 radical (unpaired) electrons. The smallest absolute Gasteiger partial charge is 0.203 e. The predicted octanol–water partition coefficient (Wildman–Crippen LogP) is 5.54. The topological polar surface area (TPSA) is 95.2 Å². The van der Waals surface area contributed by atoms with Crippen LogP contribution in [0.4, 0.5) is 0 Å². The van der Waals surface area contributed by atoms with Crippen molar-refractivity contribution in [2.75, 3.05) is 0 Å². The molecule has 2 aliphatic carbocycles. The SMILES string of the molecule is CCc1ccc([C@H]2C(C#N)C(=N)C(C#N)(C#N)C3=CC[C@@H](C(C)(C)C)C[C@H]32)cc1. The number of nitrogens with zero attached hydrogens (tertiary/aromatic N) is 3. The highest BCUT2D eigenvalue weighted by atomic mass is 14.6. The first-order valence-corrected chi connectivity index (χ1v) is 10.3. The van der Waals surface area contributed by atoms with Gasteiger partial charge in [-0.3, -0.25) is 0 Å². The van der Waals surface area contributed by atoms with Crippen LogP contribution in [0.3, 0.4) is 0 Å². The van der Waals surface area contributed by atoms with Gasteiger partial charge in [-0.1, -0.05) is 58.0 Å². The van der Waals surface area contributed by atoms with Crippen LogP contribution < -0.4 is 0 Å². The van der Waals surface area contributed by atoms with E-state index in [2.05, 4.69) is 70.2 Å². The lowest BCUT2D eigenvalue weighted by atomic mass is 9.52. The first-order valence-electron chi connectivity index (χ1n) is 10.3. The first-order chi connectivity index (χ1) is 13.7. The number of hydrogen-bond acceptors (Lipinski definition) is 4. The monoisotopic (exact) mass is 384 g/mol. The molecular formula is C25H28N4. The van der Waals surface area contributed by atoms with Crippen molar-refractivity contribution >= 4 is 5.71 Å². The average Bonchev–Trinajstić information content (AvgIpc) is 2.72. The summed E-state index contributed by atoms with van der Waals surface area (Å²) >= 11 is 0. The molecule has 0 heterocycles. The molecule has 3 rings (SSSR count). The minimum atomic E-state index is -1.62. The number of aryl methyl sites for hydroxylation is 1. The Labute approximate surface area is 174 Å². The van der Waals surface area contributed by atoms with Crippen LogP contribution in [-0.2, 0) is 6.42 Å². The highest BCUT2D eigenvalue weighted by Crippen LogP contribution is 2.56. The van der Waals surface area contributed by atoms with Crippen LogP contribution in [0, 0.1) is 68.0 Å². The van der Waals surface area contributed by atoms with Gasteiger partial charge in [0.05, 0.1) is 29.8 Å². The molecule has 1 saturated carbocycles. The van der Waals surface area contributed by atoms with Crippen LogP contribution >= 0.6 is 0 Å². The number of allylic oxidation sites excluding steroid dienone is 2. The number of nitrogens with one attached hydrogen (secondary N) is 1. The zero-order chi connectivity index (χ0) is 21.4. The van der Waals surface area contributed by atoms with Gasteiger partial charge in [0.1, 0.15) is 0 Å². The van der Waals surface area contributed by atoms with E-state index in [0.717, 1.165) is 30.4 Å². The maximum Gasteiger partial charge on any atom is 0.203 e. The summed E-state index contributed by atoms with van der Waals surface area (Å²) in [4.78, 5) is 0. The van der Waals surface area contributed by atoms with Gasteiger partial charge in [-0.15, -0.1) is 0 Å². The van der Waals surface area contributed by atoms with Crippen LogP contribution in [0.2, 0.25) is 0 Å². The van der Waals surface area contributed by atoms with Crippen molar-refractivity contribution in [3.05, 3.63) is 47.0 Å². The van der Waals surface area contributed by atoms with Crippen LogP contribution in [0.15, 0.2) is 35.9 Å². The normalized spacial score (nSPS) is 28.3. The highest BCUT2D eigenvalue weighted by molar-refractivity contribution is 6.01. The zero-order valence-electron chi connectivity index (χ0n) is 17.7. The van der Waals surface area contributed by atoms with Gasteiger partial charge in [0.15, 0.2) is 0 Å². The molecule has 4 nitrogen and oxygen atoms in total. The van der Waals surface area contributed by atoms with Gasteiger partial charge in [0, 0.05) is 5.92 Å². The third kappa shape index (κ3) is 3.26. The zero-order valence-corrected chi connectivity index (χ0v) is 17.7. The highest BCUT2D eigenvalue weighted by Gasteiger charge is 2.57. The molecule has 4 atom stereocenters. The van der Waals surface area contributed by atoms with Crippen LogP contribution in [-0.4, -0.2) is 5.71 Å². The fourth-order valence-electron chi connectivity index (χ4n) is 5.05. The Balaban J connectivity index is 2.20. The maximum absolute atomic E-state index is 10.0. The number of nitriles is 3. The quantitative estimate of drug-likeness (QED) is 0.678. The predicted molar refractivity (Wildman–Crippen MR) is 113 cm³/mol. The number of hydrogen-bond donors (Lipinski definition) is 1. The average molecular weight is 385 g/mol. The van der Waals surface area contributed by atoms with E-state index >= 15 is 0 Å². The lowest BCUT2D eigenvalue weighted by Gasteiger charge is -2.48. The van der Waals surface area contributed by atoms with Crippen LogP contribution in [0.1, 0.15) is 57.6 Å². The molecule has 1 unspecified atom stereocenters. The van der Waals surface area contributed by atoms with Crippen LogP contribution in [0.5, 0.6) is 0 Å². The summed E-state index contributed by atoms with van der Waals surface area (Å²) in [5.41, 5.74) is 1.40. The Kier molecular flexibility index (Phi) is 5.38. The Morgan fingerprint density at radius 1 is 1.10 bits per heavy atom. The van der Waals surface area contributed by atoms with Crippen molar-refractivity contribution in [3.8, 4) is 18.2 Å². The van der Waals surface area contributed by atoms with Gasteiger partial charge >= 0.3 is 0 Å². The molecule has 0 aliphatic heterocycles. The summed E-state index contributed by atoms with van der Waals surface area (Å²) in [5.74, 6) is -0.666. The van der Waals surface area contributed by atoms with Crippen molar-refractivity contribution in [2.24, 2.45) is 28.6 Å². The van der Waals surface area contributed by atoms with Crippen molar-refractivity contribution in [1.29, 1.82) is 21.2 Å². The summed E-state index contributed by atoms with van der Waals surface area (Å²) in [5, 5.41) is 38.6. The number of rotatable bonds is 2. The van der Waals surface area contributed by atoms with Gasteiger partial charge in [-0.05, 0) is 53.2 Å². The number of benzene rings is 1. The molecule has 4 heteroatoms. The standard InChI is InChI=1S/C25H28N4/c1-5-16-6-8-17(9-7-16)22-19-12-18(24(2,3)4)10-11-21(19)25(14-27,15-28)23(29)20(22)13-26/h6-9,11,18-20,22,29H,5,10,12H2,1-4H3/t18-,19-,20?,22-/m1/s1. The molecule has 148 valence electrons. The van der Waals surface area contributed by atoms with Crippen LogP contribution in [0.25, 0.3) is 0 Å². The molecular weight excluding hydrogens is 356 g/mol. The molecule has 0 saturated heterocycles. The van der Waals surface area contributed by atoms with Gasteiger partial charge in [0.25, 0.3) is 0 Å². The molecule has 29 heavy (non-hydrogen) atoms. The van der Waals surface area contributed by atoms with E-state index in [1.807, 2.05) is 6.08 Å². The van der Waals surface area contributed by atoms with Gasteiger partial charge in [0.2, 0.25) is 5.41 Å². The number of fused-ring (bicyclic) bond motifs is 1. The Morgan fingerprint density at radius 2 is 1.72 bits per heavy atom. The Hall–Kier alpha value is -2.90. The van der Waals surface area contributed by atoms with Crippen molar-refractivity contribution in [2.45, 2.75) is 52.9 Å². The van der Waals surface area contributed by atoms with E-state index in [4.69, 9.17) is 5.41 Å². The molecule has 0 bridgehead atoms. The molecule has 1 fully saturated rings. The fraction of sp³-hybridized carbons (Fsp3) is 0.520. The summed E-state index contributed by atoms with van der Waals surface area (Å²) in [6.07, 6.45) is 4.60. The minimum absolute atomic E-state index is 0.0636. The molecule has 0 aromatic heterocycles. The summed E-state index contributed by atoms with van der Waals surface area (Å²) < 4.78 is 0. The lowest BCUT2D eigenvalue weighted by molar-refractivity contribution is 0.171. The van der Waals surface area contributed by atoms with Crippen molar-refractivity contribution < 1.29 is 0 Å². The van der Waals surface area contributed by atoms with Crippen molar-refractivity contribution in [1.82, 2.24) is 0 Å². The third-order valence-corrected chi connectivity index (χ3v) is 6.97. The third-order valence-electron chi connectivity index (χ3n) is 6.97. The second-order valence-corrected chi connectivity index (χ2v) is 9.42. The fourth-order valence-corrected chi connectivity index (χ4v) is 5.05. The molecule has 2 aliphatic rings. The van der Waals surface area contributed by atoms with Gasteiger partial charge in [-0.25, -0.2) is 0 Å². The van der Waals surface area contributed by atoms with E-state index < -0.39 is 11.3 Å². The molecule has 0 spiro atoms. The summed E-state index contributed by atoms with van der Waals surface area (Å²) in [7, 11) is 0. The van der Waals surface area contributed by atoms with E-state index in [9.17, 15) is 15.8 Å². The molecule has 1 aromatic rings. The van der Waals surface area contributed by atoms with E-state index in [-0.39, 0.29) is 23.0 Å². The second kappa shape index (κ2) is 7.50. The van der Waals surface area contributed by atoms with E-state index in [1.54, 1.807) is 0 Å². The van der Waals surface area contributed by atoms with E-state index in [1.165, 1.54) is 5.56 Å². The molecule has 0 amide bonds. The van der Waals surface area contributed by atoms with Crippen molar-refractivity contribution in [3.63, 3.8) is 0 Å². The molecule has 1 aromatic carbocycles. The largest absolute Gasteiger partial charge is 0.305 e. The first kappa shape index (κ1) is 20.8. The van der Waals surface area contributed by atoms with E-state index in [0.29, 0.717) is 5.92 Å². The summed E-state index contributed by atoms with van der Waals surface area (Å²) in [6, 6.07) is 14.8. The second-order valence-electron chi connectivity index (χ2n) is 9.42. The van der Waals surface area contributed by atoms with Gasteiger partial charge < -0.3 is 5.41 Å².